The van der Waals surface area contributed by atoms with Crippen LogP contribution in [0.4, 0.5) is 10.3 Å². The number of halogens is 1. The number of carbonyl (C=O) groups excluding carboxylic acids is 1. The number of benzene rings is 1. The van der Waals surface area contributed by atoms with Crippen molar-refractivity contribution < 1.29 is 23.4 Å². The van der Waals surface area contributed by atoms with Crippen molar-refractivity contribution in [2.24, 2.45) is 5.41 Å². The molecular formula is C25H31FN6O4. The van der Waals surface area contributed by atoms with E-state index in [1.54, 1.807) is 43.3 Å². The number of hydrogen-bond acceptors (Lipinski definition) is 8. The van der Waals surface area contributed by atoms with E-state index in [2.05, 4.69) is 20.3 Å². The summed E-state index contributed by atoms with van der Waals surface area (Å²) >= 11 is 0. The molecule has 3 heterocycles. The van der Waals surface area contributed by atoms with Gasteiger partial charge in [-0.3, -0.25) is 4.79 Å². The lowest BCUT2D eigenvalue weighted by Gasteiger charge is -2.35. The summed E-state index contributed by atoms with van der Waals surface area (Å²) < 4.78 is 30.5. The van der Waals surface area contributed by atoms with Crippen LogP contribution in [-0.4, -0.2) is 73.4 Å². The van der Waals surface area contributed by atoms with Gasteiger partial charge < -0.3 is 29.4 Å². The third-order valence-electron chi connectivity index (χ3n) is 5.83. The van der Waals surface area contributed by atoms with Crippen LogP contribution < -0.4 is 10.2 Å². The molecular weight excluding hydrogens is 467 g/mol. The Labute approximate surface area is 209 Å². The van der Waals surface area contributed by atoms with E-state index in [0.717, 1.165) is 6.42 Å². The van der Waals surface area contributed by atoms with Crippen LogP contribution in [0.1, 0.15) is 25.5 Å². The second kappa shape index (κ2) is 11.1. The number of imidazole rings is 1. The van der Waals surface area contributed by atoms with Gasteiger partial charge in [-0.05, 0) is 43.7 Å². The standard InChI is InChI=1S/C25H31FN6O4/c1-25(23(33)27-11-5-13-34-4)14-35-22(36-15-25)21-30-19(16-6-8-17(26)9-7-16)20(31-21)18-10-12-28-24(29-18)32(2)3/h6-10,12,22H,5,11,13-15H2,1-4H3,(H,27,33)(H,30,31). The molecule has 10 nitrogen and oxygen atoms in total. The summed E-state index contributed by atoms with van der Waals surface area (Å²) in [5.74, 6) is 0.483. The Bertz CT molecular complexity index is 1180. The minimum absolute atomic E-state index is 0.138. The fraction of sp³-hybridized carbons (Fsp3) is 0.440. The first-order valence-electron chi connectivity index (χ1n) is 11.7. The number of H-pyrrole nitrogens is 1. The Kier molecular flexibility index (Phi) is 7.92. The summed E-state index contributed by atoms with van der Waals surface area (Å²) in [5.41, 5.74) is 1.69. The Morgan fingerprint density at radius 1 is 1.22 bits per heavy atom. The molecule has 1 amide bonds. The second-order valence-electron chi connectivity index (χ2n) is 9.11. The predicted octanol–water partition coefficient (Wildman–Crippen LogP) is 2.94. The van der Waals surface area contributed by atoms with Gasteiger partial charge in [0.2, 0.25) is 18.1 Å². The van der Waals surface area contributed by atoms with Crippen LogP contribution in [0.3, 0.4) is 0 Å². The molecule has 1 fully saturated rings. The fourth-order valence-electron chi connectivity index (χ4n) is 3.74. The van der Waals surface area contributed by atoms with E-state index in [9.17, 15) is 9.18 Å². The summed E-state index contributed by atoms with van der Waals surface area (Å²) in [5, 5.41) is 2.91. The lowest BCUT2D eigenvalue weighted by atomic mass is 9.91. The van der Waals surface area contributed by atoms with Gasteiger partial charge in [-0.2, -0.15) is 0 Å². The highest BCUT2D eigenvalue weighted by molar-refractivity contribution is 5.82. The number of aromatic amines is 1. The Balaban J connectivity index is 1.57. The zero-order valence-electron chi connectivity index (χ0n) is 20.9. The zero-order valence-corrected chi connectivity index (χ0v) is 20.9. The highest BCUT2D eigenvalue weighted by Gasteiger charge is 2.40. The molecule has 11 heteroatoms. The van der Waals surface area contributed by atoms with Crippen molar-refractivity contribution in [1.82, 2.24) is 25.3 Å². The molecule has 2 aromatic heterocycles. The SMILES string of the molecule is COCCCNC(=O)C1(C)COC(c2nc(-c3ccc(F)cc3)c(-c3ccnc(N(C)C)n3)[nH]2)OC1. The number of amides is 1. The van der Waals surface area contributed by atoms with Crippen LogP contribution in [0.5, 0.6) is 0 Å². The molecule has 0 saturated carbocycles. The summed E-state index contributed by atoms with van der Waals surface area (Å²) in [7, 11) is 5.33. The van der Waals surface area contributed by atoms with Crippen molar-refractivity contribution in [2.45, 2.75) is 19.6 Å². The molecule has 0 radical (unpaired) electrons. The van der Waals surface area contributed by atoms with Crippen molar-refractivity contribution in [3.63, 3.8) is 0 Å². The monoisotopic (exact) mass is 498 g/mol. The highest BCUT2D eigenvalue weighted by atomic mass is 19.1. The number of methoxy groups -OCH3 is 1. The maximum atomic E-state index is 13.6. The van der Waals surface area contributed by atoms with Crippen LogP contribution in [0.15, 0.2) is 36.5 Å². The molecule has 0 spiro atoms. The Morgan fingerprint density at radius 2 is 1.94 bits per heavy atom. The smallest absolute Gasteiger partial charge is 0.230 e. The number of carbonyl (C=O) groups is 1. The van der Waals surface area contributed by atoms with Gasteiger partial charge in [0.25, 0.3) is 0 Å². The number of rotatable bonds is 9. The highest BCUT2D eigenvalue weighted by Crippen LogP contribution is 2.35. The van der Waals surface area contributed by atoms with Crippen LogP contribution >= 0.6 is 0 Å². The largest absolute Gasteiger partial charge is 0.385 e. The average Bonchev–Trinajstić information content (AvgIpc) is 3.33. The molecule has 0 aliphatic carbocycles. The Morgan fingerprint density at radius 3 is 2.61 bits per heavy atom. The maximum Gasteiger partial charge on any atom is 0.230 e. The summed E-state index contributed by atoms with van der Waals surface area (Å²) in [6.45, 7) is 3.21. The summed E-state index contributed by atoms with van der Waals surface area (Å²) in [6.07, 6.45) is 1.59. The first-order chi connectivity index (χ1) is 17.3. The number of nitrogens with one attached hydrogen (secondary N) is 2. The number of anilines is 1. The number of ether oxygens (including phenoxy) is 3. The lowest BCUT2D eigenvalue weighted by Crippen LogP contribution is -2.48. The molecule has 0 atom stereocenters. The minimum Gasteiger partial charge on any atom is -0.385 e. The number of nitrogens with zero attached hydrogens (tertiary/aromatic N) is 4. The third kappa shape index (κ3) is 5.69. The van der Waals surface area contributed by atoms with Gasteiger partial charge in [0.15, 0.2) is 5.82 Å². The van der Waals surface area contributed by atoms with Gasteiger partial charge in [-0.1, -0.05) is 0 Å². The molecule has 1 aliphatic rings. The van der Waals surface area contributed by atoms with Crippen molar-refractivity contribution in [1.29, 1.82) is 0 Å². The van der Waals surface area contributed by atoms with E-state index in [4.69, 9.17) is 19.2 Å². The van der Waals surface area contributed by atoms with Crippen molar-refractivity contribution in [3.05, 3.63) is 48.2 Å². The molecule has 2 N–H and O–H groups in total. The molecule has 4 rings (SSSR count). The van der Waals surface area contributed by atoms with Crippen LogP contribution in [-0.2, 0) is 19.0 Å². The molecule has 1 saturated heterocycles. The zero-order chi connectivity index (χ0) is 25.7. The van der Waals surface area contributed by atoms with E-state index < -0.39 is 11.7 Å². The topological polar surface area (TPSA) is 114 Å². The quantitative estimate of drug-likeness (QED) is 0.433. The van der Waals surface area contributed by atoms with E-state index in [0.29, 0.717) is 47.6 Å². The summed E-state index contributed by atoms with van der Waals surface area (Å²) in [6, 6.07) is 7.83. The van der Waals surface area contributed by atoms with E-state index in [1.165, 1.54) is 12.1 Å². The summed E-state index contributed by atoms with van der Waals surface area (Å²) in [4.78, 5) is 31.4. The first kappa shape index (κ1) is 25.7. The lowest BCUT2D eigenvalue weighted by molar-refractivity contribution is -0.231. The van der Waals surface area contributed by atoms with E-state index >= 15 is 0 Å². The van der Waals surface area contributed by atoms with E-state index in [-0.39, 0.29) is 24.9 Å². The van der Waals surface area contributed by atoms with Gasteiger partial charge in [-0.25, -0.2) is 19.3 Å². The molecule has 0 unspecified atom stereocenters. The predicted molar refractivity (Wildman–Crippen MR) is 132 cm³/mol. The Hall–Kier alpha value is -3.41. The molecule has 3 aromatic rings. The van der Waals surface area contributed by atoms with Crippen molar-refractivity contribution in [2.75, 3.05) is 52.5 Å². The van der Waals surface area contributed by atoms with Gasteiger partial charge in [-0.15, -0.1) is 0 Å². The number of aromatic nitrogens is 4. The van der Waals surface area contributed by atoms with Crippen LogP contribution in [0.2, 0.25) is 0 Å². The van der Waals surface area contributed by atoms with Gasteiger partial charge in [0.1, 0.15) is 5.82 Å². The minimum atomic E-state index is -0.827. The molecule has 0 bridgehead atoms. The normalized spacial score (nSPS) is 19.8. The second-order valence-corrected chi connectivity index (χ2v) is 9.11. The molecule has 36 heavy (non-hydrogen) atoms. The first-order valence-corrected chi connectivity index (χ1v) is 11.7. The van der Waals surface area contributed by atoms with Gasteiger partial charge >= 0.3 is 0 Å². The van der Waals surface area contributed by atoms with Gasteiger partial charge in [0.05, 0.1) is 35.7 Å². The maximum absolute atomic E-state index is 13.6. The van der Waals surface area contributed by atoms with E-state index in [1.807, 2.05) is 14.1 Å². The molecule has 192 valence electrons. The fourth-order valence-corrected chi connectivity index (χ4v) is 3.74. The third-order valence-corrected chi connectivity index (χ3v) is 5.83. The van der Waals surface area contributed by atoms with Crippen LogP contribution in [0.25, 0.3) is 22.6 Å². The average molecular weight is 499 g/mol. The van der Waals surface area contributed by atoms with Crippen molar-refractivity contribution in [3.8, 4) is 22.6 Å². The molecule has 1 aliphatic heterocycles. The number of hydrogen-bond donors (Lipinski definition) is 2. The van der Waals surface area contributed by atoms with Crippen molar-refractivity contribution >= 4 is 11.9 Å². The molecule has 1 aromatic carbocycles. The van der Waals surface area contributed by atoms with Gasteiger partial charge in [0, 0.05) is 46.1 Å². The van der Waals surface area contributed by atoms with Crippen LogP contribution in [0, 0.1) is 11.2 Å².